The molecule has 1 aliphatic rings. The lowest BCUT2D eigenvalue weighted by Crippen LogP contribution is -2.14. The second-order valence-corrected chi connectivity index (χ2v) is 7.36. The Kier molecular flexibility index (Phi) is 3.83. The number of alkyl halides is 1. The van der Waals surface area contributed by atoms with Gasteiger partial charge < -0.3 is 4.57 Å². The number of nitrogens with zero attached hydrogens (tertiary/aromatic N) is 7. The van der Waals surface area contributed by atoms with E-state index in [1.54, 1.807) is 16.9 Å². The minimum Gasteiger partial charge on any atom is -0.323 e. The molecule has 0 spiro atoms. The van der Waals surface area contributed by atoms with Crippen LogP contribution in [0.5, 0.6) is 0 Å². The van der Waals surface area contributed by atoms with E-state index in [4.69, 9.17) is 4.98 Å². The predicted octanol–water partition coefficient (Wildman–Crippen LogP) is 3.47. The fraction of sp³-hybridized carbons (Fsp3) is 0.350. The predicted molar refractivity (Wildman–Crippen MR) is 101 cm³/mol. The quantitative estimate of drug-likeness (QED) is 0.547. The third-order valence-corrected chi connectivity index (χ3v) is 5.38. The van der Waals surface area contributed by atoms with Crippen LogP contribution in [0.1, 0.15) is 42.4 Å². The lowest BCUT2D eigenvalue weighted by atomic mass is 10.1. The van der Waals surface area contributed by atoms with Gasteiger partial charge >= 0.3 is 0 Å². The Hall–Kier alpha value is -3.34. The smallest absolute Gasteiger partial charge is 0.132 e. The number of halogens is 1. The molecular weight excluding hydrogens is 357 g/mol. The summed E-state index contributed by atoms with van der Waals surface area (Å²) >= 11 is 0. The van der Waals surface area contributed by atoms with Crippen LogP contribution in [0.25, 0.3) is 21.9 Å². The molecule has 0 radical (unpaired) electrons. The van der Waals surface area contributed by atoms with Crippen molar-refractivity contribution in [1.82, 2.24) is 29.5 Å². The standard InChI is InChI=1S/C20H18FN7/c1-12-10-27(26-25-12)11-19-24-18-9-23-17-5-2-13(8-22)6-16(17)20(18)28(19)15-4-3-14(21)7-15/h2,5-6,9-10,14-15H,3-4,7,11H2,1H3. The maximum atomic E-state index is 14.0. The molecule has 2 atom stereocenters. The van der Waals surface area contributed by atoms with E-state index >= 15 is 0 Å². The highest BCUT2D eigenvalue weighted by Gasteiger charge is 2.29. The normalized spacial score (nSPS) is 19.5. The first-order chi connectivity index (χ1) is 13.6. The molecule has 8 heteroatoms. The van der Waals surface area contributed by atoms with Crippen molar-refractivity contribution in [2.24, 2.45) is 0 Å². The topological polar surface area (TPSA) is 85.2 Å². The van der Waals surface area contributed by atoms with Crippen LogP contribution in [0.4, 0.5) is 4.39 Å². The SMILES string of the molecule is Cc1cn(Cc2nc3cnc4ccc(C#N)cc4c3n2C2CCC(F)C2)nn1. The van der Waals surface area contributed by atoms with Gasteiger partial charge in [-0.15, -0.1) is 5.10 Å². The fourth-order valence-corrected chi connectivity index (χ4v) is 4.16. The zero-order chi connectivity index (χ0) is 19.3. The highest BCUT2D eigenvalue weighted by molar-refractivity contribution is 6.02. The van der Waals surface area contributed by atoms with E-state index in [-0.39, 0.29) is 6.04 Å². The molecule has 2 unspecified atom stereocenters. The highest BCUT2D eigenvalue weighted by Crippen LogP contribution is 2.37. The molecule has 1 aromatic carbocycles. The molecule has 3 heterocycles. The Morgan fingerprint density at radius 3 is 2.89 bits per heavy atom. The van der Waals surface area contributed by atoms with E-state index in [2.05, 4.69) is 25.9 Å². The molecule has 5 rings (SSSR count). The molecule has 1 aliphatic carbocycles. The molecule has 0 N–H and O–H groups in total. The summed E-state index contributed by atoms with van der Waals surface area (Å²) in [6, 6.07) is 7.66. The van der Waals surface area contributed by atoms with Gasteiger partial charge in [0.25, 0.3) is 0 Å². The second-order valence-electron chi connectivity index (χ2n) is 7.36. The fourth-order valence-electron chi connectivity index (χ4n) is 4.16. The van der Waals surface area contributed by atoms with Gasteiger partial charge in [0.15, 0.2) is 0 Å². The molecule has 3 aromatic heterocycles. The number of hydrogen-bond donors (Lipinski definition) is 0. The average molecular weight is 375 g/mol. The van der Waals surface area contributed by atoms with Crippen LogP contribution in [0.15, 0.2) is 30.6 Å². The lowest BCUT2D eigenvalue weighted by molar-refractivity contribution is 0.330. The first-order valence-electron chi connectivity index (χ1n) is 9.33. The van der Waals surface area contributed by atoms with Crippen LogP contribution in [0.2, 0.25) is 0 Å². The van der Waals surface area contributed by atoms with Crippen LogP contribution in [0.3, 0.4) is 0 Å². The van der Waals surface area contributed by atoms with E-state index in [0.717, 1.165) is 39.9 Å². The van der Waals surface area contributed by atoms with Crippen LogP contribution >= 0.6 is 0 Å². The van der Waals surface area contributed by atoms with Crippen molar-refractivity contribution in [2.75, 3.05) is 0 Å². The molecular formula is C20H18FN7. The van der Waals surface area contributed by atoms with E-state index in [1.807, 2.05) is 25.3 Å². The van der Waals surface area contributed by atoms with Crippen LogP contribution < -0.4 is 0 Å². The Labute approximate surface area is 160 Å². The highest BCUT2D eigenvalue weighted by atomic mass is 19.1. The number of pyridine rings is 1. The van der Waals surface area contributed by atoms with E-state index in [0.29, 0.717) is 24.9 Å². The molecule has 0 saturated heterocycles. The molecule has 0 aliphatic heterocycles. The monoisotopic (exact) mass is 375 g/mol. The summed E-state index contributed by atoms with van der Waals surface area (Å²) < 4.78 is 17.9. The zero-order valence-corrected chi connectivity index (χ0v) is 15.4. The molecule has 1 fully saturated rings. The molecule has 0 amide bonds. The summed E-state index contributed by atoms with van der Waals surface area (Å²) in [4.78, 5) is 9.30. The first-order valence-corrected chi connectivity index (χ1v) is 9.33. The Morgan fingerprint density at radius 1 is 1.29 bits per heavy atom. The Balaban J connectivity index is 1.76. The molecule has 140 valence electrons. The van der Waals surface area contributed by atoms with Crippen molar-refractivity contribution in [1.29, 1.82) is 5.26 Å². The van der Waals surface area contributed by atoms with Crippen molar-refractivity contribution >= 4 is 21.9 Å². The number of nitriles is 1. The molecule has 7 nitrogen and oxygen atoms in total. The van der Waals surface area contributed by atoms with Crippen LogP contribution in [0, 0.1) is 18.3 Å². The molecule has 0 bridgehead atoms. The number of aryl methyl sites for hydroxylation is 1. The second kappa shape index (κ2) is 6.37. The van der Waals surface area contributed by atoms with E-state index in [9.17, 15) is 9.65 Å². The van der Waals surface area contributed by atoms with Gasteiger partial charge in [-0.2, -0.15) is 5.26 Å². The number of benzene rings is 1. The summed E-state index contributed by atoms with van der Waals surface area (Å²) in [6.45, 7) is 2.33. The van der Waals surface area contributed by atoms with Gasteiger partial charge in [-0.25, -0.2) is 14.1 Å². The lowest BCUT2D eigenvalue weighted by Gasteiger charge is -2.17. The minimum atomic E-state index is -0.799. The van der Waals surface area contributed by atoms with Gasteiger partial charge in [-0.1, -0.05) is 5.21 Å². The third-order valence-electron chi connectivity index (χ3n) is 5.38. The van der Waals surface area contributed by atoms with Gasteiger partial charge in [0.05, 0.1) is 34.6 Å². The van der Waals surface area contributed by atoms with Gasteiger partial charge in [-0.05, 0) is 44.4 Å². The van der Waals surface area contributed by atoms with Crippen LogP contribution in [-0.2, 0) is 6.54 Å². The van der Waals surface area contributed by atoms with E-state index in [1.165, 1.54) is 0 Å². The number of imidazole rings is 1. The van der Waals surface area contributed by atoms with Gasteiger partial charge in [0.1, 0.15) is 24.1 Å². The average Bonchev–Trinajstić information content (AvgIpc) is 3.39. The van der Waals surface area contributed by atoms with Crippen molar-refractivity contribution in [3.8, 4) is 6.07 Å². The third kappa shape index (κ3) is 2.71. The molecule has 1 saturated carbocycles. The van der Waals surface area contributed by atoms with Crippen LogP contribution in [-0.4, -0.2) is 35.7 Å². The number of hydrogen-bond acceptors (Lipinski definition) is 5. The number of rotatable bonds is 3. The summed E-state index contributed by atoms with van der Waals surface area (Å²) in [7, 11) is 0. The molecule has 4 aromatic rings. The summed E-state index contributed by atoms with van der Waals surface area (Å²) in [5, 5.41) is 18.4. The summed E-state index contributed by atoms with van der Waals surface area (Å²) in [5.74, 6) is 0.802. The van der Waals surface area contributed by atoms with E-state index < -0.39 is 6.17 Å². The largest absolute Gasteiger partial charge is 0.323 e. The van der Waals surface area contributed by atoms with Gasteiger partial charge in [0.2, 0.25) is 0 Å². The van der Waals surface area contributed by atoms with Crippen molar-refractivity contribution in [2.45, 2.75) is 44.9 Å². The zero-order valence-electron chi connectivity index (χ0n) is 15.4. The Morgan fingerprint density at radius 2 is 2.18 bits per heavy atom. The Bertz CT molecular complexity index is 1230. The van der Waals surface area contributed by atoms with Crippen molar-refractivity contribution in [3.05, 3.63) is 47.7 Å². The molecule has 28 heavy (non-hydrogen) atoms. The summed E-state index contributed by atoms with van der Waals surface area (Å²) in [5.41, 5.74) is 3.85. The van der Waals surface area contributed by atoms with Gasteiger partial charge in [-0.3, -0.25) is 4.98 Å². The summed E-state index contributed by atoms with van der Waals surface area (Å²) in [6.07, 6.45) is 4.60. The van der Waals surface area contributed by atoms with Gasteiger partial charge in [0, 0.05) is 17.6 Å². The first kappa shape index (κ1) is 16.8. The minimum absolute atomic E-state index is 0.0240. The number of fused-ring (bicyclic) bond motifs is 3. The van der Waals surface area contributed by atoms with Crippen molar-refractivity contribution < 1.29 is 4.39 Å². The van der Waals surface area contributed by atoms with Crippen molar-refractivity contribution in [3.63, 3.8) is 0 Å². The maximum Gasteiger partial charge on any atom is 0.132 e. The maximum absolute atomic E-state index is 14.0. The number of aromatic nitrogens is 6.